The number of nitrogens with two attached hydrogens (primary N) is 1. The lowest BCUT2D eigenvalue weighted by molar-refractivity contribution is 0.435. The van der Waals surface area contributed by atoms with Crippen LogP contribution in [0.15, 0.2) is 0 Å². The van der Waals surface area contributed by atoms with Crippen LogP contribution >= 0.6 is 0 Å². The number of aromatic nitrogens is 2. The average Bonchev–Trinajstić information content (AvgIpc) is 2.67. The third-order valence-electron chi connectivity index (χ3n) is 4.55. The van der Waals surface area contributed by atoms with E-state index in [1.807, 2.05) is 13.8 Å². The molecular formula is C16H27N5. The highest BCUT2D eigenvalue weighted by molar-refractivity contribution is 6.01. The molecule has 0 bridgehead atoms. The molecule has 0 saturated carbocycles. The van der Waals surface area contributed by atoms with Crippen LogP contribution in [0.25, 0.3) is 0 Å². The minimum atomic E-state index is 0.0925. The smallest absolute Gasteiger partial charge is 0.162 e. The van der Waals surface area contributed by atoms with Crippen molar-refractivity contribution in [2.24, 2.45) is 11.7 Å². The monoisotopic (exact) mass is 289 g/mol. The molecule has 1 atom stereocenters. The van der Waals surface area contributed by atoms with E-state index < -0.39 is 0 Å². The van der Waals surface area contributed by atoms with Gasteiger partial charge in [0.25, 0.3) is 0 Å². The molecule has 0 aromatic carbocycles. The largest absolute Gasteiger partial charge is 0.384 e. The van der Waals surface area contributed by atoms with Gasteiger partial charge in [0.15, 0.2) is 5.82 Å². The zero-order valence-electron chi connectivity index (χ0n) is 13.4. The van der Waals surface area contributed by atoms with Gasteiger partial charge in [0, 0.05) is 13.1 Å². The summed E-state index contributed by atoms with van der Waals surface area (Å²) in [5, 5.41) is 16.5. The van der Waals surface area contributed by atoms with E-state index in [4.69, 9.17) is 11.1 Å². The second-order valence-corrected chi connectivity index (χ2v) is 6.10. The zero-order chi connectivity index (χ0) is 15.4. The second kappa shape index (κ2) is 6.87. The average molecular weight is 289 g/mol. The van der Waals surface area contributed by atoms with Gasteiger partial charge in [-0.15, -0.1) is 5.10 Å². The Balaban J connectivity index is 2.26. The summed E-state index contributed by atoms with van der Waals surface area (Å²) >= 11 is 0. The molecule has 0 radical (unpaired) electrons. The van der Waals surface area contributed by atoms with Crippen molar-refractivity contribution in [2.75, 3.05) is 18.0 Å². The van der Waals surface area contributed by atoms with E-state index >= 15 is 0 Å². The van der Waals surface area contributed by atoms with Gasteiger partial charge in [0.2, 0.25) is 0 Å². The van der Waals surface area contributed by atoms with Crippen LogP contribution in [0.1, 0.15) is 55.8 Å². The number of hydrogen-bond acceptors (Lipinski definition) is 4. The molecule has 2 heterocycles. The van der Waals surface area contributed by atoms with Gasteiger partial charge < -0.3 is 10.6 Å². The number of rotatable bonds is 4. The van der Waals surface area contributed by atoms with Crippen molar-refractivity contribution >= 4 is 11.7 Å². The summed E-state index contributed by atoms with van der Waals surface area (Å²) in [5.41, 5.74) is 8.38. The Morgan fingerprint density at radius 1 is 1.29 bits per heavy atom. The summed E-state index contributed by atoms with van der Waals surface area (Å²) in [6, 6.07) is 0. The van der Waals surface area contributed by atoms with E-state index in [2.05, 4.69) is 22.0 Å². The lowest BCUT2D eigenvalue weighted by Crippen LogP contribution is -2.30. The minimum absolute atomic E-state index is 0.0925. The second-order valence-electron chi connectivity index (χ2n) is 6.10. The third-order valence-corrected chi connectivity index (χ3v) is 4.55. The fraction of sp³-hybridized carbons (Fsp3) is 0.688. The van der Waals surface area contributed by atoms with Gasteiger partial charge in [-0.05, 0) is 44.6 Å². The van der Waals surface area contributed by atoms with E-state index in [1.165, 1.54) is 32.1 Å². The Kier molecular flexibility index (Phi) is 5.15. The third kappa shape index (κ3) is 3.52. The number of aryl methyl sites for hydroxylation is 1. The van der Waals surface area contributed by atoms with Crippen LogP contribution in [-0.4, -0.2) is 29.1 Å². The molecule has 116 valence electrons. The lowest BCUT2D eigenvalue weighted by atomic mass is 9.96. The van der Waals surface area contributed by atoms with Crippen molar-refractivity contribution in [3.8, 4) is 0 Å². The van der Waals surface area contributed by atoms with Crippen LogP contribution in [0.4, 0.5) is 5.82 Å². The number of nitrogens with one attached hydrogen (secondary N) is 1. The van der Waals surface area contributed by atoms with Crippen LogP contribution in [0.3, 0.4) is 0 Å². The first-order chi connectivity index (χ1) is 10.0. The predicted octanol–water partition coefficient (Wildman–Crippen LogP) is 2.78. The molecule has 0 aliphatic carbocycles. The van der Waals surface area contributed by atoms with Gasteiger partial charge in [-0.3, -0.25) is 5.41 Å². The first kappa shape index (κ1) is 15.7. The van der Waals surface area contributed by atoms with Crippen molar-refractivity contribution in [1.82, 2.24) is 10.2 Å². The van der Waals surface area contributed by atoms with Gasteiger partial charge in [0.05, 0.1) is 11.3 Å². The highest BCUT2D eigenvalue weighted by Gasteiger charge is 2.22. The molecule has 1 aromatic heterocycles. The molecule has 1 aliphatic rings. The number of nitrogens with zero attached hydrogens (tertiary/aromatic N) is 3. The summed E-state index contributed by atoms with van der Waals surface area (Å²) in [6.45, 7) is 8.12. The van der Waals surface area contributed by atoms with Crippen LogP contribution in [-0.2, 0) is 0 Å². The molecule has 1 aromatic rings. The molecule has 1 fully saturated rings. The molecular weight excluding hydrogens is 262 g/mol. The van der Waals surface area contributed by atoms with E-state index in [9.17, 15) is 0 Å². The van der Waals surface area contributed by atoms with Crippen LogP contribution in [0, 0.1) is 25.2 Å². The molecule has 1 saturated heterocycles. The van der Waals surface area contributed by atoms with E-state index in [1.54, 1.807) is 0 Å². The van der Waals surface area contributed by atoms with Crippen molar-refractivity contribution < 1.29 is 0 Å². The predicted molar refractivity (Wildman–Crippen MR) is 87.0 cm³/mol. The van der Waals surface area contributed by atoms with Crippen molar-refractivity contribution in [1.29, 1.82) is 5.41 Å². The fourth-order valence-electron chi connectivity index (χ4n) is 3.21. The molecule has 1 aliphatic heterocycles. The molecule has 0 amide bonds. The molecule has 5 nitrogen and oxygen atoms in total. The maximum atomic E-state index is 7.88. The highest BCUT2D eigenvalue weighted by Crippen LogP contribution is 2.27. The summed E-state index contributed by atoms with van der Waals surface area (Å²) in [6.07, 6.45) is 6.23. The first-order valence-electron chi connectivity index (χ1n) is 7.97. The summed E-state index contributed by atoms with van der Waals surface area (Å²) in [5.74, 6) is 1.71. The van der Waals surface area contributed by atoms with E-state index in [-0.39, 0.29) is 5.84 Å². The van der Waals surface area contributed by atoms with Gasteiger partial charge in [-0.25, -0.2) is 0 Å². The summed E-state index contributed by atoms with van der Waals surface area (Å²) in [7, 11) is 0. The summed E-state index contributed by atoms with van der Waals surface area (Å²) in [4.78, 5) is 2.27. The topological polar surface area (TPSA) is 78.9 Å². The summed E-state index contributed by atoms with van der Waals surface area (Å²) < 4.78 is 0. The highest BCUT2D eigenvalue weighted by atomic mass is 15.3. The van der Waals surface area contributed by atoms with Crippen molar-refractivity contribution in [3.63, 3.8) is 0 Å². The Morgan fingerprint density at radius 3 is 2.71 bits per heavy atom. The fourth-order valence-corrected chi connectivity index (χ4v) is 3.21. The Hall–Kier alpha value is -1.65. The van der Waals surface area contributed by atoms with Gasteiger partial charge >= 0.3 is 0 Å². The molecule has 5 heteroatoms. The maximum absolute atomic E-state index is 7.88. The number of hydrogen-bond donors (Lipinski definition) is 2. The van der Waals surface area contributed by atoms with E-state index in [0.29, 0.717) is 0 Å². The normalized spacial score (nSPS) is 19.4. The van der Waals surface area contributed by atoms with Crippen molar-refractivity contribution in [3.05, 3.63) is 16.8 Å². The molecule has 2 rings (SSSR count). The zero-order valence-corrected chi connectivity index (χ0v) is 13.4. The first-order valence-corrected chi connectivity index (χ1v) is 7.97. The Morgan fingerprint density at radius 2 is 2.05 bits per heavy atom. The lowest BCUT2D eigenvalue weighted by Gasteiger charge is -2.24. The maximum Gasteiger partial charge on any atom is 0.162 e. The minimum Gasteiger partial charge on any atom is -0.384 e. The number of nitrogen functional groups attached to an aromatic ring is 1. The molecule has 21 heavy (non-hydrogen) atoms. The Labute approximate surface area is 127 Å². The van der Waals surface area contributed by atoms with Crippen LogP contribution in [0.2, 0.25) is 0 Å². The number of amidine groups is 1. The molecule has 1 unspecified atom stereocenters. The van der Waals surface area contributed by atoms with Crippen LogP contribution < -0.4 is 10.6 Å². The van der Waals surface area contributed by atoms with Crippen LogP contribution in [0.5, 0.6) is 0 Å². The standard InChI is InChI=1S/C16H27N5/c1-4-6-13-7-5-9-21(10-8-13)16-14(15(17)18)11(2)12(3)19-20-16/h13H,4-10H2,1-3H3,(H3,17,18). The van der Waals surface area contributed by atoms with Crippen molar-refractivity contribution in [2.45, 2.75) is 52.9 Å². The SMILES string of the molecule is CCCC1CCCN(c2nnc(C)c(C)c2C(=N)N)CC1. The quantitative estimate of drug-likeness (QED) is 0.660. The number of anilines is 1. The van der Waals surface area contributed by atoms with Gasteiger partial charge in [-0.1, -0.05) is 19.8 Å². The van der Waals surface area contributed by atoms with Gasteiger partial charge in [-0.2, -0.15) is 5.10 Å². The Bertz CT molecular complexity index is 512. The molecule has 3 N–H and O–H groups in total. The van der Waals surface area contributed by atoms with Gasteiger partial charge in [0.1, 0.15) is 5.84 Å². The molecule has 0 spiro atoms. The van der Waals surface area contributed by atoms with E-state index in [0.717, 1.165) is 41.6 Å².